The number of aldehydes is 1. The Hall–Kier alpha value is 0.0638. The van der Waals surface area contributed by atoms with E-state index in [1.807, 2.05) is 0 Å². The van der Waals surface area contributed by atoms with E-state index in [4.69, 9.17) is 4.12 Å². The van der Waals surface area contributed by atoms with Crippen LogP contribution in [-0.4, -0.2) is 24.4 Å². The van der Waals surface area contributed by atoms with Crippen LogP contribution in [0.4, 0.5) is 0 Å². The largest absolute Gasteiger partial charge is 0.461 e. The summed E-state index contributed by atoms with van der Waals surface area (Å²) in [6, 6.07) is 1.16. The molecule has 0 spiro atoms. The van der Waals surface area contributed by atoms with Gasteiger partial charge < -0.3 is 8.91 Å². The van der Waals surface area contributed by atoms with Crippen LogP contribution in [0.15, 0.2) is 0 Å². The van der Waals surface area contributed by atoms with Gasteiger partial charge in [0.05, 0.1) is 0 Å². The van der Waals surface area contributed by atoms with Crippen LogP contribution in [0, 0.1) is 0 Å². The zero-order chi connectivity index (χ0) is 8.74. The second-order valence-corrected chi connectivity index (χ2v) is 10.1. The van der Waals surface area contributed by atoms with E-state index < -0.39 is 8.32 Å². The molecule has 0 saturated carbocycles. The molecule has 2 nitrogen and oxygen atoms in total. The third kappa shape index (κ3) is 10.1. The zero-order valence-electron chi connectivity index (χ0n) is 7.72. The molecule has 0 aliphatic rings. The number of rotatable bonds is 6. The molecule has 0 aliphatic carbocycles. The predicted molar refractivity (Wildman–Crippen MR) is 53.1 cm³/mol. The number of unbranched alkanes of at least 4 members (excludes halogenated alkanes) is 1. The van der Waals surface area contributed by atoms with Crippen molar-refractivity contribution >= 4 is 24.4 Å². The highest BCUT2D eigenvalue weighted by molar-refractivity contribution is 6.73. The molecule has 0 aromatic rings. The van der Waals surface area contributed by atoms with E-state index in [1.165, 1.54) is 0 Å². The molecule has 0 bridgehead atoms. The summed E-state index contributed by atoms with van der Waals surface area (Å²) in [6.07, 6.45) is 2.73. The maximum atomic E-state index is 9.95. The maximum Gasteiger partial charge on any atom is 0.169 e. The summed E-state index contributed by atoms with van der Waals surface area (Å²) < 4.78 is 5.74. The standard InChI is InChI=1S/C7H18O2Si2/c1-11(2,3)9-10-7-5-4-6-8/h6H,4-5,7,10H2,1-3H3. The van der Waals surface area contributed by atoms with Crippen molar-refractivity contribution in [1.82, 2.24) is 0 Å². The molecule has 0 rings (SSSR count). The van der Waals surface area contributed by atoms with Crippen LogP contribution < -0.4 is 0 Å². The highest BCUT2D eigenvalue weighted by atomic mass is 28.4. The first-order valence-corrected chi connectivity index (χ1v) is 9.12. The molecule has 0 radical (unpaired) electrons. The molecule has 66 valence electrons. The normalized spacial score (nSPS) is 12.6. The number of carbonyl (C=O) groups is 1. The maximum absolute atomic E-state index is 9.95. The molecule has 0 amide bonds. The van der Waals surface area contributed by atoms with Gasteiger partial charge in [-0.1, -0.05) is 0 Å². The molecule has 0 atom stereocenters. The first-order valence-electron chi connectivity index (χ1n) is 4.14. The van der Waals surface area contributed by atoms with Gasteiger partial charge in [-0.15, -0.1) is 0 Å². The third-order valence-corrected chi connectivity index (χ3v) is 6.32. The van der Waals surface area contributed by atoms with Gasteiger partial charge in [0.15, 0.2) is 8.32 Å². The van der Waals surface area contributed by atoms with Crippen molar-refractivity contribution in [3.63, 3.8) is 0 Å². The molecule has 0 aromatic heterocycles. The van der Waals surface area contributed by atoms with Crippen LogP contribution in [0.2, 0.25) is 25.7 Å². The Kier molecular flexibility index (Phi) is 5.71. The lowest BCUT2D eigenvalue weighted by atomic mass is 10.4. The first kappa shape index (κ1) is 11.1. The minimum absolute atomic E-state index is 0.310. The number of hydrogen-bond donors (Lipinski definition) is 0. The number of hydrogen-bond acceptors (Lipinski definition) is 2. The van der Waals surface area contributed by atoms with Crippen LogP contribution in [0.3, 0.4) is 0 Å². The Balaban J connectivity index is 3.08. The number of carbonyl (C=O) groups excluding carboxylic acids is 1. The Labute approximate surface area is 72.4 Å². The smallest absolute Gasteiger partial charge is 0.169 e. The van der Waals surface area contributed by atoms with E-state index >= 15 is 0 Å². The van der Waals surface area contributed by atoms with E-state index in [0.29, 0.717) is 6.42 Å². The van der Waals surface area contributed by atoms with Crippen molar-refractivity contribution < 1.29 is 8.91 Å². The summed E-state index contributed by atoms with van der Waals surface area (Å²) in [5.74, 6) is 0. The first-order chi connectivity index (χ1) is 5.06. The Morgan fingerprint density at radius 3 is 2.55 bits per heavy atom. The Morgan fingerprint density at radius 1 is 1.45 bits per heavy atom. The van der Waals surface area contributed by atoms with Crippen molar-refractivity contribution in [2.75, 3.05) is 0 Å². The molecule has 0 heterocycles. The van der Waals surface area contributed by atoms with E-state index in [9.17, 15) is 4.79 Å². The van der Waals surface area contributed by atoms with Gasteiger partial charge in [-0.25, -0.2) is 0 Å². The van der Waals surface area contributed by atoms with Crippen molar-refractivity contribution in [3.8, 4) is 0 Å². The highest BCUT2D eigenvalue weighted by Crippen LogP contribution is 2.03. The quantitative estimate of drug-likeness (QED) is 0.359. The summed E-state index contributed by atoms with van der Waals surface area (Å²) in [6.45, 7) is 6.62. The Bertz CT molecular complexity index is 109. The lowest BCUT2D eigenvalue weighted by Crippen LogP contribution is -2.27. The van der Waals surface area contributed by atoms with Crippen LogP contribution in [-0.2, 0) is 8.91 Å². The molecule has 0 unspecified atom stereocenters. The SMILES string of the molecule is C[Si](C)(C)O[SiH2]CCCC=O. The molecule has 4 heteroatoms. The average Bonchev–Trinajstić information content (AvgIpc) is 1.85. The topological polar surface area (TPSA) is 26.3 Å². The summed E-state index contributed by atoms with van der Waals surface area (Å²) in [4.78, 5) is 9.95. The summed E-state index contributed by atoms with van der Waals surface area (Å²) in [7, 11) is -1.55. The molecule has 11 heavy (non-hydrogen) atoms. The average molecular weight is 190 g/mol. The third-order valence-electron chi connectivity index (χ3n) is 1.25. The Morgan fingerprint density at radius 2 is 2.09 bits per heavy atom. The van der Waals surface area contributed by atoms with Gasteiger partial charge >= 0.3 is 0 Å². The molecule has 0 fully saturated rings. The van der Waals surface area contributed by atoms with E-state index in [2.05, 4.69) is 19.6 Å². The van der Waals surface area contributed by atoms with Crippen LogP contribution in [0.25, 0.3) is 0 Å². The predicted octanol–water partition coefficient (Wildman–Crippen LogP) is 1.32. The fourth-order valence-electron chi connectivity index (χ4n) is 0.708. The molecular weight excluding hydrogens is 172 g/mol. The summed E-state index contributed by atoms with van der Waals surface area (Å²) in [5.41, 5.74) is 0. The van der Waals surface area contributed by atoms with Gasteiger partial charge in [-0.05, 0) is 32.1 Å². The van der Waals surface area contributed by atoms with Gasteiger partial charge in [-0.2, -0.15) is 0 Å². The van der Waals surface area contributed by atoms with Crippen molar-refractivity contribution in [3.05, 3.63) is 0 Å². The molecule has 0 aliphatic heterocycles. The van der Waals surface area contributed by atoms with E-state index in [1.54, 1.807) is 0 Å². The minimum atomic E-state index is -1.24. The molecule has 0 saturated heterocycles. The molecule has 0 N–H and O–H groups in total. The van der Waals surface area contributed by atoms with Gasteiger partial charge in [0.1, 0.15) is 16.0 Å². The van der Waals surface area contributed by atoms with Crippen LogP contribution >= 0.6 is 0 Å². The van der Waals surface area contributed by atoms with Crippen LogP contribution in [0.1, 0.15) is 12.8 Å². The van der Waals surface area contributed by atoms with E-state index in [-0.39, 0.29) is 9.76 Å². The second-order valence-electron chi connectivity index (χ2n) is 3.62. The summed E-state index contributed by atoms with van der Waals surface area (Å²) >= 11 is 0. The lowest BCUT2D eigenvalue weighted by molar-refractivity contribution is -0.107. The fourth-order valence-corrected chi connectivity index (χ4v) is 4.23. The van der Waals surface area contributed by atoms with Gasteiger partial charge in [-0.3, -0.25) is 0 Å². The van der Waals surface area contributed by atoms with Crippen LogP contribution in [0.5, 0.6) is 0 Å². The van der Waals surface area contributed by atoms with Crippen molar-refractivity contribution in [1.29, 1.82) is 0 Å². The van der Waals surface area contributed by atoms with E-state index in [0.717, 1.165) is 18.8 Å². The van der Waals surface area contributed by atoms with Crippen molar-refractivity contribution in [2.45, 2.75) is 38.5 Å². The second kappa shape index (κ2) is 5.68. The molecule has 0 aromatic carbocycles. The van der Waals surface area contributed by atoms with Gasteiger partial charge in [0.25, 0.3) is 0 Å². The summed E-state index contributed by atoms with van der Waals surface area (Å²) in [5, 5.41) is 0. The fraction of sp³-hybridized carbons (Fsp3) is 0.857. The van der Waals surface area contributed by atoms with Crippen molar-refractivity contribution in [2.24, 2.45) is 0 Å². The highest BCUT2D eigenvalue weighted by Gasteiger charge is 2.12. The lowest BCUT2D eigenvalue weighted by Gasteiger charge is -2.16. The van der Waals surface area contributed by atoms with Gasteiger partial charge in [0, 0.05) is 6.42 Å². The minimum Gasteiger partial charge on any atom is -0.461 e. The van der Waals surface area contributed by atoms with Gasteiger partial charge in [0.2, 0.25) is 0 Å². The molecular formula is C7H18O2Si2. The monoisotopic (exact) mass is 190 g/mol. The zero-order valence-corrected chi connectivity index (χ0v) is 10.1.